The molecule has 0 rings (SSSR count). The summed E-state index contributed by atoms with van der Waals surface area (Å²) in [5, 5.41) is 19.3. The third kappa shape index (κ3) is 7.84. The molecule has 0 saturated carbocycles. The Morgan fingerprint density at radius 3 is 2.56 bits per heavy atom. The van der Waals surface area contributed by atoms with E-state index in [-0.39, 0.29) is 13.2 Å². The van der Waals surface area contributed by atoms with E-state index in [0.717, 1.165) is 0 Å². The highest BCUT2D eigenvalue weighted by Crippen LogP contribution is 1.67. The number of ether oxygens (including phenoxy) is 1. The first kappa shape index (κ1) is 8.84. The average Bonchev–Trinajstić information content (AvgIpc) is 1.89. The van der Waals surface area contributed by atoms with Gasteiger partial charge in [-0.3, -0.25) is 5.32 Å². The quantitative estimate of drug-likeness (QED) is 0.307. The molecule has 0 aromatic heterocycles. The van der Waals surface area contributed by atoms with Gasteiger partial charge in [0.1, 0.15) is 0 Å². The zero-order valence-corrected chi connectivity index (χ0v) is 5.34. The fourth-order valence-electron chi connectivity index (χ4n) is 0.360. The summed E-state index contributed by atoms with van der Waals surface area (Å²) in [4.78, 5) is 0. The van der Waals surface area contributed by atoms with E-state index in [9.17, 15) is 0 Å². The molecule has 0 radical (unpaired) electrons. The van der Waals surface area contributed by atoms with Crippen molar-refractivity contribution in [3.63, 3.8) is 0 Å². The Kier molecular flexibility index (Phi) is 7.70. The fourth-order valence-corrected chi connectivity index (χ4v) is 0.360. The van der Waals surface area contributed by atoms with Gasteiger partial charge in [-0.25, -0.2) is 0 Å². The maximum absolute atomic E-state index is 8.26. The molecule has 0 heterocycles. The van der Waals surface area contributed by atoms with Gasteiger partial charge < -0.3 is 14.9 Å². The molecule has 0 amide bonds. The topological polar surface area (TPSA) is 61.7 Å². The van der Waals surface area contributed by atoms with Crippen LogP contribution < -0.4 is 5.32 Å². The molecular formula is C5H13NO3. The van der Waals surface area contributed by atoms with Crippen molar-refractivity contribution in [3.8, 4) is 0 Å². The number of aliphatic hydroxyl groups excluding tert-OH is 2. The van der Waals surface area contributed by atoms with Gasteiger partial charge in [-0.2, -0.15) is 0 Å². The largest absolute Gasteiger partial charge is 0.395 e. The Labute approximate surface area is 54.5 Å². The molecule has 0 aromatic carbocycles. The second-order valence-electron chi connectivity index (χ2n) is 1.50. The molecule has 0 fully saturated rings. The van der Waals surface area contributed by atoms with Crippen LogP contribution in [0.3, 0.4) is 0 Å². The minimum atomic E-state index is 0.0425. The normalized spacial score (nSPS) is 10.0. The third-order valence-corrected chi connectivity index (χ3v) is 0.728. The summed E-state index contributed by atoms with van der Waals surface area (Å²) in [6.45, 7) is 1.42. The van der Waals surface area contributed by atoms with E-state index < -0.39 is 0 Å². The molecule has 0 aromatic rings. The van der Waals surface area contributed by atoms with Crippen LogP contribution in [0, 0.1) is 0 Å². The van der Waals surface area contributed by atoms with Crippen LogP contribution in [0.2, 0.25) is 0 Å². The van der Waals surface area contributed by atoms with Crippen molar-refractivity contribution in [1.82, 2.24) is 5.32 Å². The minimum absolute atomic E-state index is 0.0425. The third-order valence-electron chi connectivity index (χ3n) is 0.728. The minimum Gasteiger partial charge on any atom is -0.395 e. The summed E-state index contributed by atoms with van der Waals surface area (Å²) in [6.07, 6.45) is 0. The van der Waals surface area contributed by atoms with Crippen LogP contribution in [-0.2, 0) is 4.74 Å². The SMILES string of the molecule is OCCNCOCCO. The number of hydrogen-bond donors (Lipinski definition) is 3. The highest BCUT2D eigenvalue weighted by molar-refractivity contribution is 4.34. The lowest BCUT2D eigenvalue weighted by Crippen LogP contribution is -2.22. The molecule has 4 heteroatoms. The number of rotatable bonds is 6. The summed E-state index contributed by atoms with van der Waals surface area (Å²) in [5.41, 5.74) is 0. The van der Waals surface area contributed by atoms with Crippen molar-refractivity contribution in [1.29, 1.82) is 0 Å². The van der Waals surface area contributed by atoms with Gasteiger partial charge in [-0.05, 0) is 0 Å². The van der Waals surface area contributed by atoms with E-state index in [1.165, 1.54) is 0 Å². The lowest BCUT2D eigenvalue weighted by atomic mass is 10.7. The first-order valence-electron chi connectivity index (χ1n) is 2.92. The zero-order valence-electron chi connectivity index (χ0n) is 5.34. The Bertz CT molecular complexity index is 45.5. The summed E-state index contributed by atoms with van der Waals surface area (Å²) in [6, 6.07) is 0. The standard InChI is InChI=1S/C5H13NO3/c7-2-1-6-5-9-4-3-8/h6-8H,1-5H2. The second kappa shape index (κ2) is 7.84. The average molecular weight is 135 g/mol. The highest BCUT2D eigenvalue weighted by atomic mass is 16.5. The molecule has 3 N–H and O–H groups in total. The van der Waals surface area contributed by atoms with Crippen LogP contribution in [0.1, 0.15) is 0 Å². The van der Waals surface area contributed by atoms with E-state index in [1.54, 1.807) is 0 Å². The Morgan fingerprint density at radius 2 is 2.00 bits per heavy atom. The number of hydrogen-bond acceptors (Lipinski definition) is 4. The van der Waals surface area contributed by atoms with Crippen molar-refractivity contribution in [2.75, 3.05) is 33.1 Å². The maximum atomic E-state index is 8.26. The van der Waals surface area contributed by atoms with Gasteiger partial charge in [0.05, 0.1) is 26.6 Å². The van der Waals surface area contributed by atoms with Crippen molar-refractivity contribution >= 4 is 0 Å². The van der Waals surface area contributed by atoms with Crippen LogP contribution in [0.25, 0.3) is 0 Å². The van der Waals surface area contributed by atoms with E-state index in [2.05, 4.69) is 5.32 Å². The zero-order chi connectivity index (χ0) is 6.95. The summed E-state index contributed by atoms with van der Waals surface area (Å²) >= 11 is 0. The molecule has 0 atom stereocenters. The Balaban J connectivity index is 2.60. The first-order valence-corrected chi connectivity index (χ1v) is 2.92. The van der Waals surface area contributed by atoms with E-state index in [1.807, 2.05) is 0 Å². The molecule has 4 nitrogen and oxygen atoms in total. The molecule has 0 bridgehead atoms. The second-order valence-corrected chi connectivity index (χ2v) is 1.50. The molecule has 0 unspecified atom stereocenters. The fraction of sp³-hybridized carbons (Fsp3) is 1.00. The van der Waals surface area contributed by atoms with Gasteiger partial charge in [0, 0.05) is 6.54 Å². The van der Waals surface area contributed by atoms with Crippen LogP contribution in [-0.4, -0.2) is 43.3 Å². The van der Waals surface area contributed by atoms with Crippen molar-refractivity contribution in [2.24, 2.45) is 0 Å². The van der Waals surface area contributed by atoms with E-state index in [0.29, 0.717) is 19.9 Å². The molecule has 0 spiro atoms. The van der Waals surface area contributed by atoms with E-state index >= 15 is 0 Å². The summed E-state index contributed by atoms with van der Waals surface area (Å²) in [5.74, 6) is 0. The van der Waals surface area contributed by atoms with E-state index in [4.69, 9.17) is 14.9 Å². The van der Waals surface area contributed by atoms with Gasteiger partial charge in [0.25, 0.3) is 0 Å². The van der Waals surface area contributed by atoms with Crippen LogP contribution in [0.15, 0.2) is 0 Å². The molecule has 0 aliphatic heterocycles. The molecular weight excluding hydrogens is 122 g/mol. The van der Waals surface area contributed by atoms with Crippen LogP contribution >= 0.6 is 0 Å². The maximum Gasteiger partial charge on any atom is 0.0967 e. The molecule has 56 valence electrons. The van der Waals surface area contributed by atoms with Crippen LogP contribution in [0.4, 0.5) is 0 Å². The first-order chi connectivity index (χ1) is 4.41. The predicted octanol–water partition coefficient (Wildman–Crippen LogP) is -1.47. The van der Waals surface area contributed by atoms with Gasteiger partial charge in [0.2, 0.25) is 0 Å². The molecule has 0 saturated heterocycles. The van der Waals surface area contributed by atoms with Crippen LogP contribution in [0.5, 0.6) is 0 Å². The molecule has 9 heavy (non-hydrogen) atoms. The Hall–Kier alpha value is -0.160. The predicted molar refractivity (Wildman–Crippen MR) is 33.0 cm³/mol. The lowest BCUT2D eigenvalue weighted by molar-refractivity contribution is 0.0774. The number of nitrogens with one attached hydrogen (secondary N) is 1. The van der Waals surface area contributed by atoms with Crippen molar-refractivity contribution in [3.05, 3.63) is 0 Å². The number of aliphatic hydroxyl groups is 2. The van der Waals surface area contributed by atoms with Gasteiger partial charge in [-0.1, -0.05) is 0 Å². The Morgan fingerprint density at radius 1 is 1.22 bits per heavy atom. The van der Waals surface area contributed by atoms with Gasteiger partial charge in [0.15, 0.2) is 0 Å². The highest BCUT2D eigenvalue weighted by Gasteiger charge is 1.83. The summed E-state index contributed by atoms with van der Waals surface area (Å²) < 4.78 is 4.81. The summed E-state index contributed by atoms with van der Waals surface area (Å²) in [7, 11) is 0. The lowest BCUT2D eigenvalue weighted by Gasteiger charge is -2.01. The van der Waals surface area contributed by atoms with Gasteiger partial charge >= 0.3 is 0 Å². The molecule has 0 aliphatic carbocycles. The van der Waals surface area contributed by atoms with Crippen molar-refractivity contribution < 1.29 is 14.9 Å². The van der Waals surface area contributed by atoms with Gasteiger partial charge in [-0.15, -0.1) is 0 Å². The smallest absolute Gasteiger partial charge is 0.0967 e. The molecule has 0 aliphatic rings. The monoisotopic (exact) mass is 135 g/mol. The van der Waals surface area contributed by atoms with Crippen molar-refractivity contribution in [2.45, 2.75) is 0 Å².